The number of esters is 1. The summed E-state index contributed by atoms with van der Waals surface area (Å²) >= 11 is 1.61. The summed E-state index contributed by atoms with van der Waals surface area (Å²) in [6, 6.07) is -0.436. The quantitative estimate of drug-likeness (QED) is 0.511. The van der Waals surface area contributed by atoms with Crippen LogP contribution in [0.5, 0.6) is 0 Å². The van der Waals surface area contributed by atoms with Gasteiger partial charge in [0, 0.05) is 17.8 Å². The van der Waals surface area contributed by atoms with Crippen molar-refractivity contribution in [3.63, 3.8) is 0 Å². The smallest absolute Gasteiger partial charge is 0.322 e. The maximum atomic E-state index is 11.1. The average molecular weight is 302 g/mol. The van der Waals surface area contributed by atoms with E-state index in [1.807, 2.05) is 12.4 Å². The lowest BCUT2D eigenvalue weighted by Crippen LogP contribution is -2.40. The highest BCUT2D eigenvalue weighted by Crippen LogP contribution is 2.12. The molecule has 0 saturated carbocycles. The molecule has 20 heavy (non-hydrogen) atoms. The van der Waals surface area contributed by atoms with Gasteiger partial charge in [-0.15, -0.1) is 11.3 Å². The summed E-state index contributed by atoms with van der Waals surface area (Å²) in [6.45, 7) is 4.73. The molecule has 0 saturated heterocycles. The molecule has 1 rings (SSSR count). The Morgan fingerprint density at radius 1 is 1.60 bits per heavy atom. The number of thiazole rings is 1. The fourth-order valence-corrected chi connectivity index (χ4v) is 2.34. The molecule has 7 heteroatoms. The summed E-state index contributed by atoms with van der Waals surface area (Å²) in [5.74, 6) is -0.348. The van der Waals surface area contributed by atoms with E-state index in [1.165, 1.54) is 12.0 Å². The molecule has 6 nitrogen and oxygen atoms in total. The fourth-order valence-electron chi connectivity index (χ4n) is 1.58. The largest absolute Gasteiger partial charge is 0.468 e. The molecule has 2 atom stereocenters. The van der Waals surface area contributed by atoms with E-state index in [0.29, 0.717) is 6.61 Å². The van der Waals surface area contributed by atoms with Crippen molar-refractivity contribution in [2.24, 2.45) is 0 Å². The lowest BCUT2D eigenvalue weighted by Gasteiger charge is -2.15. The van der Waals surface area contributed by atoms with E-state index < -0.39 is 12.1 Å². The highest BCUT2D eigenvalue weighted by atomic mass is 32.1. The van der Waals surface area contributed by atoms with Crippen molar-refractivity contribution in [3.8, 4) is 0 Å². The van der Waals surface area contributed by atoms with E-state index in [-0.39, 0.29) is 19.1 Å². The molecule has 0 amide bonds. The van der Waals surface area contributed by atoms with Crippen LogP contribution in [0, 0.1) is 6.92 Å². The van der Waals surface area contributed by atoms with Crippen molar-refractivity contribution in [3.05, 3.63) is 16.1 Å². The summed E-state index contributed by atoms with van der Waals surface area (Å²) < 4.78 is 9.99. The standard InChI is InChI=1S/C13H22N2O4S/c1-9-12(20-8-15-9)4-5-19-7-11(16)6-14-10(2)13(17)18-3/h8,10-11,14,16H,4-7H2,1-3H3. The van der Waals surface area contributed by atoms with E-state index in [9.17, 15) is 9.90 Å². The van der Waals surface area contributed by atoms with Gasteiger partial charge in [0.05, 0.1) is 37.6 Å². The van der Waals surface area contributed by atoms with E-state index in [4.69, 9.17) is 4.74 Å². The Morgan fingerprint density at radius 3 is 2.95 bits per heavy atom. The van der Waals surface area contributed by atoms with Crippen LogP contribution < -0.4 is 5.32 Å². The number of aromatic nitrogens is 1. The number of hydrogen-bond acceptors (Lipinski definition) is 7. The monoisotopic (exact) mass is 302 g/mol. The van der Waals surface area contributed by atoms with Crippen LogP contribution in [0.2, 0.25) is 0 Å². The Labute approximate surface area is 123 Å². The van der Waals surface area contributed by atoms with Crippen LogP contribution >= 0.6 is 11.3 Å². The molecule has 1 aromatic heterocycles. The van der Waals surface area contributed by atoms with Gasteiger partial charge in [-0.2, -0.15) is 0 Å². The highest BCUT2D eigenvalue weighted by molar-refractivity contribution is 7.09. The van der Waals surface area contributed by atoms with Gasteiger partial charge in [0.25, 0.3) is 0 Å². The van der Waals surface area contributed by atoms with Crippen molar-refractivity contribution in [2.75, 3.05) is 26.9 Å². The van der Waals surface area contributed by atoms with E-state index in [1.54, 1.807) is 18.3 Å². The molecule has 0 fully saturated rings. The molecule has 114 valence electrons. The fraction of sp³-hybridized carbons (Fsp3) is 0.692. The van der Waals surface area contributed by atoms with E-state index in [2.05, 4.69) is 15.0 Å². The van der Waals surface area contributed by atoms with Crippen molar-refractivity contribution >= 4 is 17.3 Å². The summed E-state index contributed by atoms with van der Waals surface area (Å²) in [7, 11) is 1.33. The Morgan fingerprint density at radius 2 is 2.35 bits per heavy atom. The number of aryl methyl sites for hydroxylation is 1. The third-order valence-corrected chi connectivity index (χ3v) is 3.84. The van der Waals surface area contributed by atoms with Crippen LogP contribution in [-0.4, -0.2) is 55.1 Å². The molecule has 2 unspecified atom stereocenters. The lowest BCUT2D eigenvalue weighted by molar-refractivity contribution is -0.142. The molecule has 0 bridgehead atoms. The molecular weight excluding hydrogens is 280 g/mol. The van der Waals surface area contributed by atoms with Gasteiger partial charge >= 0.3 is 5.97 Å². The number of rotatable bonds is 9. The van der Waals surface area contributed by atoms with Crippen LogP contribution in [0.25, 0.3) is 0 Å². The van der Waals surface area contributed by atoms with Gasteiger partial charge in [0.1, 0.15) is 6.04 Å². The topological polar surface area (TPSA) is 80.7 Å². The minimum absolute atomic E-state index is 0.235. The Balaban J connectivity index is 2.10. The minimum Gasteiger partial charge on any atom is -0.468 e. The zero-order valence-corrected chi connectivity index (χ0v) is 12.9. The maximum absolute atomic E-state index is 11.1. The number of aliphatic hydroxyl groups is 1. The molecule has 2 N–H and O–H groups in total. The average Bonchev–Trinajstić information content (AvgIpc) is 2.85. The zero-order chi connectivity index (χ0) is 15.0. The third-order valence-electron chi connectivity index (χ3n) is 2.84. The van der Waals surface area contributed by atoms with Gasteiger partial charge in [0.15, 0.2) is 0 Å². The summed E-state index contributed by atoms with van der Waals surface area (Å²) in [6.07, 6.45) is 0.152. The van der Waals surface area contributed by atoms with E-state index in [0.717, 1.165) is 12.1 Å². The first kappa shape index (κ1) is 17.0. The highest BCUT2D eigenvalue weighted by Gasteiger charge is 2.14. The van der Waals surface area contributed by atoms with Crippen LogP contribution in [0.15, 0.2) is 5.51 Å². The summed E-state index contributed by atoms with van der Waals surface area (Å²) in [4.78, 5) is 16.5. The Hall–Kier alpha value is -1.02. The van der Waals surface area contributed by atoms with Gasteiger partial charge < -0.3 is 19.9 Å². The first-order valence-electron chi connectivity index (χ1n) is 6.50. The molecule has 0 radical (unpaired) electrons. The molecule has 0 aliphatic carbocycles. The number of nitrogens with zero attached hydrogens (tertiary/aromatic N) is 1. The Bertz CT molecular complexity index is 411. The van der Waals surface area contributed by atoms with Crippen LogP contribution in [0.4, 0.5) is 0 Å². The van der Waals surface area contributed by atoms with Crippen molar-refractivity contribution in [1.29, 1.82) is 0 Å². The lowest BCUT2D eigenvalue weighted by atomic mass is 10.3. The van der Waals surface area contributed by atoms with Gasteiger partial charge in [0.2, 0.25) is 0 Å². The molecule has 1 aromatic rings. The van der Waals surface area contributed by atoms with Crippen LogP contribution in [0.3, 0.4) is 0 Å². The molecule has 0 aromatic carbocycles. The summed E-state index contributed by atoms with van der Waals surface area (Å²) in [5, 5.41) is 12.6. The predicted octanol–water partition coefficient (Wildman–Crippen LogP) is 0.523. The molecule has 0 aliphatic heterocycles. The number of methoxy groups -OCH3 is 1. The number of hydrogen-bond donors (Lipinski definition) is 2. The van der Waals surface area contributed by atoms with Crippen molar-refractivity contribution < 1.29 is 19.4 Å². The molecule has 0 aliphatic rings. The van der Waals surface area contributed by atoms with Gasteiger partial charge in [-0.3, -0.25) is 4.79 Å². The number of carbonyl (C=O) groups excluding carboxylic acids is 1. The third kappa shape index (κ3) is 5.96. The number of nitrogens with one attached hydrogen (secondary N) is 1. The van der Waals surface area contributed by atoms with Gasteiger partial charge in [-0.1, -0.05) is 0 Å². The molecular formula is C13H22N2O4S. The first-order valence-corrected chi connectivity index (χ1v) is 7.38. The zero-order valence-electron chi connectivity index (χ0n) is 12.1. The second kappa shape index (κ2) is 9.02. The summed E-state index contributed by atoms with van der Waals surface area (Å²) in [5.41, 5.74) is 2.85. The maximum Gasteiger partial charge on any atom is 0.322 e. The van der Waals surface area contributed by atoms with Crippen molar-refractivity contribution in [2.45, 2.75) is 32.4 Å². The number of ether oxygens (including phenoxy) is 2. The SMILES string of the molecule is COC(=O)C(C)NCC(O)COCCc1scnc1C. The predicted molar refractivity (Wildman–Crippen MR) is 76.9 cm³/mol. The minimum atomic E-state index is -0.648. The normalized spacial score (nSPS) is 14.0. The molecule has 1 heterocycles. The number of aliphatic hydroxyl groups excluding tert-OH is 1. The Kier molecular flexibility index (Phi) is 7.68. The van der Waals surface area contributed by atoms with E-state index >= 15 is 0 Å². The second-order valence-corrected chi connectivity index (χ2v) is 5.43. The first-order chi connectivity index (χ1) is 9.54. The van der Waals surface area contributed by atoms with Gasteiger partial charge in [-0.25, -0.2) is 4.98 Å². The van der Waals surface area contributed by atoms with Crippen LogP contribution in [0.1, 0.15) is 17.5 Å². The molecule has 0 spiro atoms. The number of carbonyl (C=O) groups is 1. The second-order valence-electron chi connectivity index (χ2n) is 4.49. The van der Waals surface area contributed by atoms with Gasteiger partial charge in [-0.05, 0) is 13.8 Å². The van der Waals surface area contributed by atoms with Crippen LogP contribution in [-0.2, 0) is 20.7 Å². The van der Waals surface area contributed by atoms with Crippen molar-refractivity contribution in [1.82, 2.24) is 10.3 Å².